The lowest BCUT2D eigenvalue weighted by Gasteiger charge is -2.06. The highest BCUT2D eigenvalue weighted by Crippen LogP contribution is 2.18. The van der Waals surface area contributed by atoms with Crippen LogP contribution in [0.3, 0.4) is 0 Å². The van der Waals surface area contributed by atoms with Gasteiger partial charge in [-0.25, -0.2) is 9.82 Å². The molecule has 0 atom stereocenters. The number of amides is 1. The monoisotopic (exact) mass is 307 g/mol. The van der Waals surface area contributed by atoms with Crippen molar-refractivity contribution in [3.8, 4) is 0 Å². The Kier molecular flexibility index (Phi) is 4.10. The van der Waals surface area contributed by atoms with Crippen LogP contribution in [0.4, 0.5) is 4.39 Å². The number of carbonyl (C=O) groups is 1. The molecule has 4 nitrogen and oxygen atoms in total. The van der Waals surface area contributed by atoms with Crippen LogP contribution >= 0.6 is 0 Å². The summed E-state index contributed by atoms with van der Waals surface area (Å²) in [6, 6.07) is 15.3. The van der Waals surface area contributed by atoms with Gasteiger partial charge in [0.1, 0.15) is 5.82 Å². The quantitative estimate of drug-likeness (QED) is 0.595. The predicted molar refractivity (Wildman–Crippen MR) is 87.9 cm³/mol. The van der Waals surface area contributed by atoms with Gasteiger partial charge in [-0.3, -0.25) is 9.78 Å². The Morgan fingerprint density at radius 2 is 1.91 bits per heavy atom. The number of benzene rings is 2. The highest BCUT2D eigenvalue weighted by atomic mass is 19.1. The Morgan fingerprint density at radius 1 is 1.17 bits per heavy atom. The van der Waals surface area contributed by atoms with E-state index in [1.54, 1.807) is 24.3 Å². The second kappa shape index (κ2) is 6.36. The van der Waals surface area contributed by atoms with Crippen molar-refractivity contribution in [3.05, 3.63) is 77.2 Å². The second-order valence-corrected chi connectivity index (χ2v) is 5.05. The van der Waals surface area contributed by atoms with Crippen molar-refractivity contribution in [2.45, 2.75) is 6.92 Å². The summed E-state index contributed by atoms with van der Waals surface area (Å²) >= 11 is 0. The third-order valence-electron chi connectivity index (χ3n) is 3.36. The van der Waals surface area contributed by atoms with Crippen molar-refractivity contribution in [2.75, 3.05) is 0 Å². The third-order valence-corrected chi connectivity index (χ3v) is 3.36. The topological polar surface area (TPSA) is 54.4 Å². The van der Waals surface area contributed by atoms with Crippen molar-refractivity contribution in [2.24, 2.45) is 5.10 Å². The minimum atomic E-state index is -0.393. The lowest BCUT2D eigenvalue weighted by atomic mass is 10.1. The van der Waals surface area contributed by atoms with Crippen molar-refractivity contribution >= 4 is 23.0 Å². The number of nitrogens with zero attached hydrogens (tertiary/aromatic N) is 2. The van der Waals surface area contributed by atoms with Crippen LogP contribution in [0.5, 0.6) is 0 Å². The molecule has 0 saturated heterocycles. The molecule has 0 saturated carbocycles. The first-order valence-corrected chi connectivity index (χ1v) is 7.09. The van der Waals surface area contributed by atoms with E-state index in [1.165, 1.54) is 12.3 Å². The maximum atomic E-state index is 13.5. The van der Waals surface area contributed by atoms with E-state index in [0.717, 1.165) is 16.6 Å². The molecule has 23 heavy (non-hydrogen) atoms. The van der Waals surface area contributed by atoms with Crippen LogP contribution in [-0.4, -0.2) is 17.1 Å². The average Bonchev–Trinajstić information content (AvgIpc) is 2.55. The first-order chi connectivity index (χ1) is 11.1. The number of nitrogens with one attached hydrogen (secondary N) is 1. The highest BCUT2D eigenvalue weighted by molar-refractivity contribution is 6.06. The number of hydrogen-bond acceptors (Lipinski definition) is 3. The first kappa shape index (κ1) is 14.8. The Hall–Kier alpha value is -3.08. The molecule has 0 radical (unpaired) electrons. The molecular formula is C18H14FN3O. The van der Waals surface area contributed by atoms with E-state index < -0.39 is 5.82 Å². The number of rotatable bonds is 3. The van der Waals surface area contributed by atoms with Crippen LogP contribution in [0.25, 0.3) is 10.9 Å². The molecule has 1 amide bonds. The maximum absolute atomic E-state index is 13.5. The van der Waals surface area contributed by atoms with Gasteiger partial charge in [-0.1, -0.05) is 36.4 Å². The van der Waals surface area contributed by atoms with Gasteiger partial charge in [-0.05, 0) is 25.1 Å². The predicted octanol–water partition coefficient (Wildman–Crippen LogP) is 3.45. The van der Waals surface area contributed by atoms with Gasteiger partial charge < -0.3 is 0 Å². The zero-order valence-corrected chi connectivity index (χ0v) is 12.5. The van der Waals surface area contributed by atoms with Crippen LogP contribution in [0, 0.1) is 12.7 Å². The SMILES string of the molecule is Cc1cc(C(=O)NN=Cc2ccccc2F)c2ccccc2n1. The largest absolute Gasteiger partial charge is 0.272 e. The fourth-order valence-corrected chi connectivity index (χ4v) is 2.30. The lowest BCUT2D eigenvalue weighted by molar-refractivity contribution is 0.0956. The van der Waals surface area contributed by atoms with Crippen LogP contribution in [0.2, 0.25) is 0 Å². The summed E-state index contributed by atoms with van der Waals surface area (Å²) < 4.78 is 13.5. The molecule has 5 heteroatoms. The average molecular weight is 307 g/mol. The number of para-hydroxylation sites is 1. The van der Waals surface area contributed by atoms with E-state index in [0.29, 0.717) is 11.1 Å². The first-order valence-electron chi connectivity index (χ1n) is 7.09. The molecule has 1 heterocycles. The van der Waals surface area contributed by atoms with Gasteiger partial charge in [0.15, 0.2) is 0 Å². The third kappa shape index (κ3) is 3.23. The molecule has 2 aromatic carbocycles. The van der Waals surface area contributed by atoms with Crippen LogP contribution in [-0.2, 0) is 0 Å². The molecule has 1 N–H and O–H groups in total. The number of aromatic nitrogens is 1. The van der Waals surface area contributed by atoms with Crippen molar-refractivity contribution in [1.29, 1.82) is 0 Å². The number of hydrogen-bond donors (Lipinski definition) is 1. The number of fused-ring (bicyclic) bond motifs is 1. The molecule has 1 aromatic heterocycles. The highest BCUT2D eigenvalue weighted by Gasteiger charge is 2.11. The van der Waals surface area contributed by atoms with Crippen LogP contribution < -0.4 is 5.43 Å². The fraction of sp³-hybridized carbons (Fsp3) is 0.0556. The number of halogens is 1. The molecule has 0 aliphatic carbocycles. The van der Waals surface area contributed by atoms with Crippen LogP contribution in [0.1, 0.15) is 21.6 Å². The van der Waals surface area contributed by atoms with Gasteiger partial charge in [0.05, 0.1) is 17.3 Å². The smallest absolute Gasteiger partial charge is 0.267 e. The van der Waals surface area contributed by atoms with Gasteiger partial charge >= 0.3 is 0 Å². The Balaban J connectivity index is 1.86. The van der Waals surface area contributed by atoms with Crippen LogP contribution in [0.15, 0.2) is 59.7 Å². The number of hydrazone groups is 1. The molecule has 0 aliphatic rings. The fourth-order valence-electron chi connectivity index (χ4n) is 2.30. The minimum Gasteiger partial charge on any atom is -0.267 e. The molecule has 0 unspecified atom stereocenters. The van der Waals surface area contributed by atoms with E-state index in [-0.39, 0.29) is 5.91 Å². The molecule has 0 fully saturated rings. The maximum Gasteiger partial charge on any atom is 0.272 e. The van der Waals surface area contributed by atoms with Gasteiger partial charge in [0.25, 0.3) is 5.91 Å². The summed E-state index contributed by atoms with van der Waals surface area (Å²) in [6.45, 7) is 1.83. The second-order valence-electron chi connectivity index (χ2n) is 5.05. The van der Waals surface area contributed by atoms with Crippen molar-refractivity contribution in [1.82, 2.24) is 10.4 Å². The van der Waals surface area contributed by atoms with E-state index in [9.17, 15) is 9.18 Å². The summed E-state index contributed by atoms with van der Waals surface area (Å²) in [7, 11) is 0. The minimum absolute atomic E-state index is 0.309. The van der Waals surface area contributed by atoms with Crippen molar-refractivity contribution < 1.29 is 9.18 Å². The Bertz CT molecular complexity index is 906. The van der Waals surface area contributed by atoms with Gasteiger partial charge in [-0.2, -0.15) is 5.10 Å². The zero-order chi connectivity index (χ0) is 16.2. The van der Waals surface area contributed by atoms with Gasteiger partial charge in [0, 0.05) is 16.6 Å². The summed E-state index contributed by atoms with van der Waals surface area (Å²) in [5.41, 5.74) is 4.71. The van der Waals surface area contributed by atoms with Gasteiger partial charge in [-0.15, -0.1) is 0 Å². The molecular weight excluding hydrogens is 293 g/mol. The molecule has 3 aromatic rings. The summed E-state index contributed by atoms with van der Waals surface area (Å²) in [5, 5.41) is 4.58. The summed E-state index contributed by atoms with van der Waals surface area (Å²) in [4.78, 5) is 16.7. The van der Waals surface area contributed by atoms with E-state index in [2.05, 4.69) is 15.5 Å². The Morgan fingerprint density at radius 3 is 2.74 bits per heavy atom. The lowest BCUT2D eigenvalue weighted by Crippen LogP contribution is -2.18. The normalized spacial score (nSPS) is 11.0. The molecule has 3 rings (SSSR count). The summed E-state index contributed by atoms with van der Waals surface area (Å²) in [5.74, 6) is -0.755. The number of pyridine rings is 1. The molecule has 0 spiro atoms. The summed E-state index contributed by atoms with van der Waals surface area (Å²) in [6.07, 6.45) is 1.28. The standard InChI is InChI=1S/C18H14FN3O/c1-12-10-15(14-7-3-5-9-17(14)21-12)18(23)22-20-11-13-6-2-4-8-16(13)19/h2-11H,1H3,(H,22,23). The van der Waals surface area contributed by atoms with E-state index in [4.69, 9.17) is 0 Å². The number of carbonyl (C=O) groups excluding carboxylic acids is 1. The molecule has 114 valence electrons. The van der Waals surface area contributed by atoms with E-state index >= 15 is 0 Å². The molecule has 0 bridgehead atoms. The van der Waals surface area contributed by atoms with Crippen molar-refractivity contribution in [3.63, 3.8) is 0 Å². The zero-order valence-electron chi connectivity index (χ0n) is 12.5. The molecule has 0 aliphatic heterocycles. The van der Waals surface area contributed by atoms with E-state index in [1.807, 2.05) is 31.2 Å². The Labute approximate surface area is 132 Å². The van der Waals surface area contributed by atoms with Gasteiger partial charge in [0.2, 0.25) is 0 Å². The number of aryl methyl sites for hydroxylation is 1.